The highest BCUT2D eigenvalue weighted by Gasteiger charge is 2.38. The number of carbonyl (C=O) groups is 2. The lowest BCUT2D eigenvalue weighted by Gasteiger charge is -2.11. The second-order valence-corrected chi connectivity index (χ2v) is 4.71. The van der Waals surface area contributed by atoms with Crippen LogP contribution in [0, 0.1) is 6.92 Å². The molecular formula is C12H13N3O2S. The largest absolute Gasteiger partial charge is 0.392 e. The Labute approximate surface area is 110 Å². The van der Waals surface area contributed by atoms with E-state index in [0.717, 1.165) is 16.0 Å². The van der Waals surface area contributed by atoms with Crippen LogP contribution < -0.4 is 11.1 Å². The molecule has 1 aromatic rings. The van der Waals surface area contributed by atoms with E-state index in [1.807, 2.05) is 31.2 Å². The second-order valence-electron chi connectivity index (χ2n) is 4.18. The van der Waals surface area contributed by atoms with Gasteiger partial charge in [-0.25, -0.2) is 4.79 Å². The van der Waals surface area contributed by atoms with Crippen LogP contribution in [0.2, 0.25) is 0 Å². The summed E-state index contributed by atoms with van der Waals surface area (Å²) in [6.07, 6.45) is 0. The zero-order valence-electron chi connectivity index (χ0n) is 9.84. The topological polar surface area (TPSA) is 75.4 Å². The molecule has 1 unspecified atom stereocenters. The molecule has 5 nitrogen and oxygen atoms in total. The van der Waals surface area contributed by atoms with E-state index in [1.165, 1.54) is 0 Å². The van der Waals surface area contributed by atoms with Crippen molar-refractivity contribution in [2.24, 2.45) is 5.73 Å². The standard InChI is InChI=1S/C12H13N3O2S/c1-7-2-4-8(5-3-7)10-11(16)15(6-9(13)18)12(17)14-10/h2-5,10H,6H2,1H3,(H2,13,18)(H,14,17). The van der Waals surface area contributed by atoms with Gasteiger partial charge in [-0.05, 0) is 12.5 Å². The Kier molecular flexibility index (Phi) is 3.29. The third kappa shape index (κ3) is 2.33. The first-order valence-corrected chi connectivity index (χ1v) is 5.86. The monoisotopic (exact) mass is 263 g/mol. The van der Waals surface area contributed by atoms with Crippen LogP contribution in [-0.4, -0.2) is 28.4 Å². The van der Waals surface area contributed by atoms with Crippen molar-refractivity contribution in [2.45, 2.75) is 13.0 Å². The summed E-state index contributed by atoms with van der Waals surface area (Å²) in [7, 11) is 0. The van der Waals surface area contributed by atoms with Crippen molar-refractivity contribution in [3.8, 4) is 0 Å². The molecule has 1 heterocycles. The molecule has 3 amide bonds. The summed E-state index contributed by atoms with van der Waals surface area (Å²) in [4.78, 5) is 24.9. The average molecular weight is 263 g/mol. The summed E-state index contributed by atoms with van der Waals surface area (Å²) in [5.41, 5.74) is 7.21. The Hall–Kier alpha value is -1.95. The number of imide groups is 1. The molecule has 6 heteroatoms. The molecular weight excluding hydrogens is 250 g/mol. The van der Waals surface area contributed by atoms with Gasteiger partial charge in [0, 0.05) is 0 Å². The fourth-order valence-electron chi connectivity index (χ4n) is 1.81. The number of nitrogens with two attached hydrogens (primary N) is 1. The van der Waals surface area contributed by atoms with Crippen molar-refractivity contribution >= 4 is 29.1 Å². The van der Waals surface area contributed by atoms with E-state index < -0.39 is 12.1 Å². The highest BCUT2D eigenvalue weighted by molar-refractivity contribution is 7.80. The predicted octanol–water partition coefficient (Wildman–Crippen LogP) is 0.874. The summed E-state index contributed by atoms with van der Waals surface area (Å²) in [5, 5.41) is 2.62. The van der Waals surface area contributed by atoms with Gasteiger partial charge in [0.1, 0.15) is 6.04 Å². The number of benzene rings is 1. The van der Waals surface area contributed by atoms with Gasteiger partial charge in [0.25, 0.3) is 5.91 Å². The number of rotatable bonds is 3. The number of thiocarbonyl (C=S) groups is 1. The quantitative estimate of drug-likeness (QED) is 0.627. The lowest BCUT2D eigenvalue weighted by Crippen LogP contribution is -2.37. The minimum absolute atomic E-state index is 0.0254. The van der Waals surface area contributed by atoms with Gasteiger partial charge >= 0.3 is 6.03 Å². The molecule has 1 aromatic carbocycles. The van der Waals surface area contributed by atoms with E-state index >= 15 is 0 Å². The maximum Gasteiger partial charge on any atom is 0.325 e. The minimum Gasteiger partial charge on any atom is -0.392 e. The lowest BCUT2D eigenvalue weighted by atomic mass is 10.1. The first-order valence-electron chi connectivity index (χ1n) is 5.46. The normalized spacial score (nSPS) is 18.9. The maximum atomic E-state index is 12.1. The SMILES string of the molecule is Cc1ccc(C2NC(=O)N(CC(N)=S)C2=O)cc1. The van der Waals surface area contributed by atoms with Crippen LogP contribution in [-0.2, 0) is 4.79 Å². The Bertz CT molecular complexity index is 513. The van der Waals surface area contributed by atoms with Crippen LogP contribution in [0.1, 0.15) is 17.2 Å². The predicted molar refractivity (Wildman–Crippen MR) is 71.0 cm³/mol. The van der Waals surface area contributed by atoms with Crippen molar-refractivity contribution in [3.05, 3.63) is 35.4 Å². The molecule has 0 radical (unpaired) electrons. The molecule has 0 aliphatic carbocycles. The Morgan fingerprint density at radius 2 is 2.00 bits per heavy atom. The Balaban J connectivity index is 2.22. The van der Waals surface area contributed by atoms with Crippen molar-refractivity contribution < 1.29 is 9.59 Å². The third-order valence-corrected chi connectivity index (χ3v) is 2.88. The van der Waals surface area contributed by atoms with Gasteiger partial charge in [0.15, 0.2) is 0 Å². The number of urea groups is 1. The van der Waals surface area contributed by atoms with Gasteiger partial charge in [0.2, 0.25) is 0 Å². The minimum atomic E-state index is -0.646. The number of carbonyl (C=O) groups excluding carboxylic acids is 2. The second kappa shape index (κ2) is 4.73. The number of hydrogen-bond donors (Lipinski definition) is 2. The van der Waals surface area contributed by atoms with E-state index in [4.69, 9.17) is 18.0 Å². The smallest absolute Gasteiger partial charge is 0.325 e. The van der Waals surface area contributed by atoms with E-state index in [-0.39, 0.29) is 17.4 Å². The zero-order chi connectivity index (χ0) is 13.3. The van der Waals surface area contributed by atoms with E-state index in [1.54, 1.807) is 0 Å². The first kappa shape index (κ1) is 12.5. The first-order chi connectivity index (χ1) is 8.49. The highest BCUT2D eigenvalue weighted by atomic mass is 32.1. The van der Waals surface area contributed by atoms with E-state index in [0.29, 0.717) is 0 Å². The van der Waals surface area contributed by atoms with Gasteiger partial charge in [0.05, 0.1) is 11.5 Å². The van der Waals surface area contributed by atoms with Crippen LogP contribution in [0.5, 0.6) is 0 Å². The van der Waals surface area contributed by atoms with Crippen molar-refractivity contribution in [1.29, 1.82) is 0 Å². The van der Waals surface area contributed by atoms with Crippen LogP contribution in [0.25, 0.3) is 0 Å². The van der Waals surface area contributed by atoms with E-state index in [2.05, 4.69) is 5.32 Å². The van der Waals surface area contributed by atoms with Gasteiger partial charge in [-0.2, -0.15) is 0 Å². The number of nitrogens with zero attached hydrogens (tertiary/aromatic N) is 1. The molecule has 1 aliphatic rings. The fourth-order valence-corrected chi connectivity index (χ4v) is 1.94. The molecule has 0 bridgehead atoms. The van der Waals surface area contributed by atoms with Crippen LogP contribution >= 0.6 is 12.2 Å². The molecule has 1 atom stereocenters. The fraction of sp³-hybridized carbons (Fsp3) is 0.250. The van der Waals surface area contributed by atoms with Gasteiger partial charge in [-0.3, -0.25) is 9.69 Å². The molecule has 1 saturated heterocycles. The van der Waals surface area contributed by atoms with Crippen molar-refractivity contribution in [2.75, 3.05) is 6.54 Å². The third-order valence-electron chi connectivity index (χ3n) is 2.75. The molecule has 1 aliphatic heterocycles. The number of aryl methyl sites for hydroxylation is 1. The van der Waals surface area contributed by atoms with Crippen LogP contribution in [0.4, 0.5) is 4.79 Å². The van der Waals surface area contributed by atoms with Gasteiger partial charge in [-0.15, -0.1) is 0 Å². The van der Waals surface area contributed by atoms with Crippen molar-refractivity contribution in [1.82, 2.24) is 10.2 Å². The molecule has 1 fully saturated rings. The summed E-state index contributed by atoms with van der Waals surface area (Å²) >= 11 is 4.71. The maximum absolute atomic E-state index is 12.1. The Morgan fingerprint density at radius 3 is 2.56 bits per heavy atom. The molecule has 0 saturated carbocycles. The number of hydrogen-bond acceptors (Lipinski definition) is 3. The van der Waals surface area contributed by atoms with Crippen LogP contribution in [0.15, 0.2) is 24.3 Å². The molecule has 94 valence electrons. The zero-order valence-corrected chi connectivity index (χ0v) is 10.7. The van der Waals surface area contributed by atoms with Crippen LogP contribution in [0.3, 0.4) is 0 Å². The molecule has 2 rings (SSSR count). The van der Waals surface area contributed by atoms with Gasteiger partial charge < -0.3 is 11.1 Å². The summed E-state index contributed by atoms with van der Waals surface area (Å²) in [6, 6.07) is 6.33. The van der Waals surface area contributed by atoms with Gasteiger partial charge in [-0.1, -0.05) is 42.0 Å². The molecule has 0 aromatic heterocycles. The molecule has 0 spiro atoms. The summed E-state index contributed by atoms with van der Waals surface area (Å²) in [6.45, 7) is 1.93. The number of nitrogens with one attached hydrogen (secondary N) is 1. The summed E-state index contributed by atoms with van der Waals surface area (Å²) < 4.78 is 0. The average Bonchev–Trinajstić information content (AvgIpc) is 2.58. The van der Waals surface area contributed by atoms with E-state index in [9.17, 15) is 9.59 Å². The summed E-state index contributed by atoms with van der Waals surface area (Å²) in [5.74, 6) is -0.323. The van der Waals surface area contributed by atoms with Crippen molar-refractivity contribution in [3.63, 3.8) is 0 Å². The lowest BCUT2D eigenvalue weighted by molar-refractivity contribution is -0.127. The highest BCUT2D eigenvalue weighted by Crippen LogP contribution is 2.21. The Morgan fingerprint density at radius 1 is 1.39 bits per heavy atom. The molecule has 3 N–H and O–H groups in total. The number of amides is 3. The molecule has 18 heavy (non-hydrogen) atoms.